The Morgan fingerprint density at radius 3 is 1.47 bits per heavy atom. The maximum atomic E-state index is 12.5. The van der Waals surface area contributed by atoms with Crippen LogP contribution >= 0.6 is 0 Å². The molecule has 45 heavy (non-hydrogen) atoms. The summed E-state index contributed by atoms with van der Waals surface area (Å²) in [6, 6.07) is -1.24. The molecule has 0 rings (SSSR count). The van der Waals surface area contributed by atoms with Crippen molar-refractivity contribution in [2.75, 3.05) is 5.75 Å². The molecule has 4 N–H and O–H groups in total. The predicted molar refractivity (Wildman–Crippen MR) is 190 cm³/mol. The molecule has 0 heterocycles. The van der Waals surface area contributed by atoms with Gasteiger partial charge in [0.05, 0.1) is 17.9 Å². The van der Waals surface area contributed by atoms with Crippen LogP contribution in [0.5, 0.6) is 0 Å². The standard InChI is InChI=1S/C37H71NO6S/c1-3-5-7-9-11-13-14-15-16-17-18-19-20-21-22-24-25-27-29-31-35(39)34(33-45(42,43)44)38-37(41)36(40)32-30-28-26-23-12-10-8-6-4-2/h22,24,29,31,34-36,39-40H,3-21,23,25-28,30,32-33H2,1-2H3,(H,38,41)(H,42,43,44)/b24-22+,31-29+. The van der Waals surface area contributed by atoms with Crippen molar-refractivity contribution in [2.24, 2.45) is 0 Å². The summed E-state index contributed by atoms with van der Waals surface area (Å²) in [7, 11) is -4.44. The van der Waals surface area contributed by atoms with Crippen LogP contribution in [0, 0.1) is 0 Å². The Hall–Kier alpha value is -1.22. The minimum Gasteiger partial charge on any atom is -0.387 e. The molecule has 0 aliphatic heterocycles. The van der Waals surface area contributed by atoms with E-state index in [1.807, 2.05) is 0 Å². The van der Waals surface area contributed by atoms with Crippen molar-refractivity contribution in [3.63, 3.8) is 0 Å². The lowest BCUT2D eigenvalue weighted by molar-refractivity contribution is -0.130. The fourth-order valence-corrected chi connectivity index (χ4v) is 6.32. The summed E-state index contributed by atoms with van der Waals surface area (Å²) in [6.07, 6.45) is 35.4. The molecule has 0 saturated heterocycles. The largest absolute Gasteiger partial charge is 0.387 e. The molecular formula is C37H71NO6S. The van der Waals surface area contributed by atoms with E-state index in [2.05, 4.69) is 31.3 Å². The van der Waals surface area contributed by atoms with Crippen LogP contribution in [0.2, 0.25) is 0 Å². The van der Waals surface area contributed by atoms with E-state index in [0.717, 1.165) is 32.1 Å². The minimum absolute atomic E-state index is 0.276. The molecule has 266 valence electrons. The summed E-state index contributed by atoms with van der Waals surface area (Å²) >= 11 is 0. The van der Waals surface area contributed by atoms with Gasteiger partial charge in [0.25, 0.3) is 10.1 Å². The molecular weight excluding hydrogens is 586 g/mol. The van der Waals surface area contributed by atoms with E-state index in [-0.39, 0.29) is 6.42 Å². The van der Waals surface area contributed by atoms with E-state index in [0.29, 0.717) is 12.8 Å². The predicted octanol–water partition coefficient (Wildman–Crippen LogP) is 9.38. The second-order valence-corrected chi connectivity index (χ2v) is 14.5. The van der Waals surface area contributed by atoms with Gasteiger partial charge in [-0.15, -0.1) is 0 Å². The third-order valence-electron chi connectivity index (χ3n) is 8.49. The molecule has 3 atom stereocenters. The first-order valence-corrected chi connectivity index (χ1v) is 20.3. The van der Waals surface area contributed by atoms with Crippen LogP contribution < -0.4 is 5.32 Å². The number of aliphatic hydroxyl groups excluding tert-OH is 2. The van der Waals surface area contributed by atoms with Crippen LogP contribution in [0.15, 0.2) is 24.3 Å². The number of hydrogen-bond acceptors (Lipinski definition) is 5. The number of aliphatic hydroxyl groups is 2. The van der Waals surface area contributed by atoms with Crippen molar-refractivity contribution >= 4 is 16.0 Å². The number of nitrogens with one attached hydrogen (secondary N) is 1. The molecule has 0 aliphatic rings. The Morgan fingerprint density at radius 1 is 0.600 bits per heavy atom. The second-order valence-electron chi connectivity index (χ2n) is 13.0. The monoisotopic (exact) mass is 658 g/mol. The van der Waals surface area contributed by atoms with Gasteiger partial charge in [-0.2, -0.15) is 8.42 Å². The summed E-state index contributed by atoms with van der Waals surface area (Å²) in [5, 5.41) is 23.2. The summed E-state index contributed by atoms with van der Waals surface area (Å²) in [6.45, 7) is 4.46. The fourth-order valence-electron chi connectivity index (χ4n) is 5.59. The highest BCUT2D eigenvalue weighted by Gasteiger charge is 2.27. The van der Waals surface area contributed by atoms with Gasteiger partial charge in [0.15, 0.2) is 0 Å². The number of rotatable bonds is 33. The molecule has 0 saturated carbocycles. The highest BCUT2D eigenvalue weighted by molar-refractivity contribution is 7.85. The van der Waals surface area contributed by atoms with E-state index < -0.39 is 40.0 Å². The van der Waals surface area contributed by atoms with Crippen LogP contribution in [0.4, 0.5) is 0 Å². The summed E-state index contributed by atoms with van der Waals surface area (Å²) in [5.74, 6) is -1.56. The molecule has 0 bridgehead atoms. The van der Waals surface area contributed by atoms with Crippen LogP contribution in [-0.2, 0) is 14.9 Å². The van der Waals surface area contributed by atoms with Gasteiger partial charge < -0.3 is 15.5 Å². The molecule has 0 aliphatic carbocycles. The van der Waals surface area contributed by atoms with E-state index in [9.17, 15) is 28.0 Å². The average molecular weight is 658 g/mol. The smallest absolute Gasteiger partial charge is 0.267 e. The van der Waals surface area contributed by atoms with Crippen LogP contribution in [0.1, 0.15) is 181 Å². The maximum Gasteiger partial charge on any atom is 0.267 e. The van der Waals surface area contributed by atoms with Gasteiger partial charge in [-0.1, -0.05) is 173 Å². The highest BCUT2D eigenvalue weighted by Crippen LogP contribution is 2.14. The molecule has 0 fully saturated rings. The van der Waals surface area contributed by atoms with Gasteiger partial charge in [0, 0.05) is 0 Å². The van der Waals surface area contributed by atoms with Gasteiger partial charge in [-0.25, -0.2) is 0 Å². The molecule has 0 aromatic rings. The van der Waals surface area contributed by atoms with Crippen LogP contribution in [0.3, 0.4) is 0 Å². The lowest BCUT2D eigenvalue weighted by Crippen LogP contribution is -2.50. The molecule has 1 amide bonds. The Labute approximate surface area is 277 Å². The SMILES string of the molecule is CCCCCCCCCCCCCCC/C=C/CC/C=C/C(O)C(CS(=O)(=O)O)NC(=O)C(O)CCCCCCCCCCC. The molecule has 0 aromatic heterocycles. The number of hydrogen-bond donors (Lipinski definition) is 4. The third-order valence-corrected chi connectivity index (χ3v) is 9.27. The summed E-state index contributed by atoms with van der Waals surface area (Å²) in [5.41, 5.74) is 0. The van der Waals surface area contributed by atoms with E-state index in [4.69, 9.17) is 0 Å². The molecule has 7 nitrogen and oxygen atoms in total. The van der Waals surface area contributed by atoms with Crippen molar-refractivity contribution in [3.05, 3.63) is 24.3 Å². The van der Waals surface area contributed by atoms with E-state index in [1.165, 1.54) is 122 Å². The first kappa shape index (κ1) is 43.8. The Kier molecular flexibility index (Phi) is 30.5. The van der Waals surface area contributed by atoms with Crippen molar-refractivity contribution in [3.8, 4) is 0 Å². The minimum atomic E-state index is -4.44. The first-order chi connectivity index (χ1) is 21.7. The Balaban J connectivity index is 4.10. The molecule has 0 aromatic carbocycles. The Bertz CT molecular complexity index is 829. The number of allylic oxidation sites excluding steroid dienone is 3. The highest BCUT2D eigenvalue weighted by atomic mass is 32.2. The number of carbonyl (C=O) groups is 1. The van der Waals surface area contributed by atoms with Crippen molar-refractivity contribution in [1.82, 2.24) is 5.32 Å². The third kappa shape index (κ3) is 31.2. The van der Waals surface area contributed by atoms with E-state index in [1.54, 1.807) is 6.08 Å². The lowest BCUT2D eigenvalue weighted by Gasteiger charge is -2.22. The number of unbranched alkanes of at least 4 members (excludes halogenated alkanes) is 22. The normalized spacial score (nSPS) is 14.3. The fraction of sp³-hybridized carbons (Fsp3) is 0.865. The van der Waals surface area contributed by atoms with Gasteiger partial charge in [-0.3, -0.25) is 9.35 Å². The maximum absolute atomic E-state index is 12.5. The molecule has 0 spiro atoms. The van der Waals surface area contributed by atoms with Crippen LogP contribution in [0.25, 0.3) is 0 Å². The van der Waals surface area contributed by atoms with Crippen molar-refractivity contribution in [1.29, 1.82) is 0 Å². The Morgan fingerprint density at radius 2 is 1.00 bits per heavy atom. The van der Waals surface area contributed by atoms with Gasteiger partial charge in [0.2, 0.25) is 5.91 Å². The van der Waals surface area contributed by atoms with Gasteiger partial charge in [0.1, 0.15) is 6.10 Å². The zero-order chi connectivity index (χ0) is 33.4. The zero-order valence-corrected chi connectivity index (χ0v) is 29.9. The van der Waals surface area contributed by atoms with Gasteiger partial charge in [-0.05, 0) is 32.1 Å². The van der Waals surface area contributed by atoms with Crippen molar-refractivity contribution in [2.45, 2.75) is 199 Å². The topological polar surface area (TPSA) is 124 Å². The van der Waals surface area contributed by atoms with Crippen LogP contribution in [-0.4, -0.2) is 53.1 Å². The number of carbonyl (C=O) groups excluding carboxylic acids is 1. The first-order valence-electron chi connectivity index (χ1n) is 18.6. The number of amides is 1. The molecule has 0 radical (unpaired) electrons. The van der Waals surface area contributed by atoms with Gasteiger partial charge >= 0.3 is 0 Å². The quantitative estimate of drug-likeness (QED) is 0.0317. The molecule has 8 heteroatoms. The van der Waals surface area contributed by atoms with Crippen molar-refractivity contribution < 1.29 is 28.0 Å². The average Bonchev–Trinajstić information content (AvgIpc) is 3.00. The second kappa shape index (κ2) is 31.4. The summed E-state index contributed by atoms with van der Waals surface area (Å²) in [4.78, 5) is 12.5. The lowest BCUT2D eigenvalue weighted by atomic mass is 10.0. The zero-order valence-electron chi connectivity index (χ0n) is 29.1. The molecule has 3 unspecified atom stereocenters. The summed E-state index contributed by atoms with van der Waals surface area (Å²) < 4.78 is 32.3. The van der Waals surface area contributed by atoms with E-state index >= 15 is 0 Å².